The van der Waals surface area contributed by atoms with Crippen LogP contribution >= 0.6 is 11.6 Å². The molecule has 0 atom stereocenters. The summed E-state index contributed by atoms with van der Waals surface area (Å²) in [5.74, 6) is -0.482. The summed E-state index contributed by atoms with van der Waals surface area (Å²) in [7, 11) is -1.88. The molecular weight excluding hydrogens is 364 g/mol. The molecule has 2 aromatic rings. The maximum atomic E-state index is 11.8. The molecule has 1 heterocycles. The molecule has 7 nitrogen and oxygen atoms in total. The first-order valence-corrected chi connectivity index (χ1v) is 9.59. The number of carbonyl (C=O) groups is 1. The fourth-order valence-electron chi connectivity index (χ4n) is 2.29. The standard InChI is InChI=1S/C16H19ClN4O3S/c1-21(25(2,23)24)14-6-4-3-5-11(14)9-19-13-8-15(17)20-10-12(13)7-16(18)22/h3-6,8,10H,7,9H2,1-2H3,(H2,18,22)(H,19,20). The van der Waals surface area contributed by atoms with Crippen LogP contribution in [0.1, 0.15) is 11.1 Å². The lowest BCUT2D eigenvalue weighted by Crippen LogP contribution is -2.26. The molecule has 0 aliphatic rings. The molecule has 1 amide bonds. The van der Waals surface area contributed by atoms with E-state index in [9.17, 15) is 13.2 Å². The number of primary amides is 1. The second kappa shape index (κ2) is 7.71. The van der Waals surface area contributed by atoms with E-state index in [0.717, 1.165) is 11.8 Å². The molecule has 0 saturated carbocycles. The number of aromatic nitrogens is 1. The lowest BCUT2D eigenvalue weighted by Gasteiger charge is -2.21. The molecule has 0 radical (unpaired) electrons. The Morgan fingerprint density at radius 2 is 2.00 bits per heavy atom. The van der Waals surface area contributed by atoms with Crippen molar-refractivity contribution in [3.05, 3.63) is 52.8 Å². The minimum absolute atomic E-state index is 0.0252. The quantitative estimate of drug-likeness (QED) is 0.710. The van der Waals surface area contributed by atoms with Crippen molar-refractivity contribution in [3.63, 3.8) is 0 Å². The molecule has 2 rings (SSSR count). The monoisotopic (exact) mass is 382 g/mol. The highest BCUT2D eigenvalue weighted by molar-refractivity contribution is 7.92. The smallest absolute Gasteiger partial charge is 0.232 e. The molecule has 0 bridgehead atoms. The Morgan fingerprint density at radius 1 is 1.32 bits per heavy atom. The molecule has 134 valence electrons. The van der Waals surface area contributed by atoms with Gasteiger partial charge in [-0.05, 0) is 17.7 Å². The number of halogens is 1. The highest BCUT2D eigenvalue weighted by Gasteiger charge is 2.15. The van der Waals surface area contributed by atoms with Crippen LogP contribution in [0.4, 0.5) is 11.4 Å². The largest absolute Gasteiger partial charge is 0.381 e. The molecule has 0 spiro atoms. The van der Waals surface area contributed by atoms with E-state index in [0.29, 0.717) is 23.5 Å². The number of sulfonamides is 1. The van der Waals surface area contributed by atoms with Crippen molar-refractivity contribution in [1.29, 1.82) is 0 Å². The average molecular weight is 383 g/mol. The summed E-state index contributed by atoms with van der Waals surface area (Å²) < 4.78 is 24.8. The van der Waals surface area contributed by atoms with Gasteiger partial charge in [-0.1, -0.05) is 29.8 Å². The molecule has 25 heavy (non-hydrogen) atoms. The molecule has 1 aromatic heterocycles. The number of hydrogen-bond donors (Lipinski definition) is 2. The summed E-state index contributed by atoms with van der Waals surface area (Å²) >= 11 is 5.92. The van der Waals surface area contributed by atoms with Crippen LogP contribution in [-0.2, 0) is 27.8 Å². The number of pyridine rings is 1. The molecule has 1 aromatic carbocycles. The second-order valence-electron chi connectivity index (χ2n) is 5.52. The highest BCUT2D eigenvalue weighted by Crippen LogP contribution is 2.24. The minimum atomic E-state index is -3.38. The van der Waals surface area contributed by atoms with Gasteiger partial charge in [-0.25, -0.2) is 13.4 Å². The summed E-state index contributed by atoms with van der Waals surface area (Å²) in [4.78, 5) is 15.2. The molecule has 0 unspecified atom stereocenters. The van der Waals surface area contributed by atoms with E-state index < -0.39 is 15.9 Å². The number of hydrogen-bond acceptors (Lipinski definition) is 5. The van der Waals surface area contributed by atoms with Gasteiger partial charge < -0.3 is 11.1 Å². The first kappa shape index (κ1) is 19.0. The molecule has 0 saturated heterocycles. The van der Waals surface area contributed by atoms with Crippen molar-refractivity contribution in [2.75, 3.05) is 22.9 Å². The fraction of sp³-hybridized carbons (Fsp3) is 0.250. The van der Waals surface area contributed by atoms with Crippen molar-refractivity contribution in [3.8, 4) is 0 Å². The van der Waals surface area contributed by atoms with Crippen LogP contribution in [0.5, 0.6) is 0 Å². The normalized spacial score (nSPS) is 11.2. The van der Waals surface area contributed by atoms with E-state index in [2.05, 4.69) is 10.3 Å². The maximum absolute atomic E-state index is 11.8. The van der Waals surface area contributed by atoms with Crippen LogP contribution in [-0.4, -0.2) is 32.6 Å². The Bertz CT molecular complexity index is 887. The minimum Gasteiger partial charge on any atom is -0.381 e. The number of para-hydroxylation sites is 1. The van der Waals surface area contributed by atoms with Gasteiger partial charge in [-0.15, -0.1) is 0 Å². The number of benzene rings is 1. The van der Waals surface area contributed by atoms with Gasteiger partial charge in [-0.3, -0.25) is 9.10 Å². The average Bonchev–Trinajstić information content (AvgIpc) is 2.53. The van der Waals surface area contributed by atoms with Gasteiger partial charge in [0.25, 0.3) is 0 Å². The van der Waals surface area contributed by atoms with Crippen molar-refractivity contribution in [2.24, 2.45) is 5.73 Å². The number of nitrogens with zero attached hydrogens (tertiary/aromatic N) is 2. The maximum Gasteiger partial charge on any atom is 0.232 e. The predicted octanol–water partition coefficient (Wildman–Crippen LogP) is 1.77. The summed E-state index contributed by atoms with van der Waals surface area (Å²) in [6.45, 7) is 0.335. The zero-order chi connectivity index (χ0) is 18.6. The van der Waals surface area contributed by atoms with Gasteiger partial charge in [0.1, 0.15) is 5.15 Å². The van der Waals surface area contributed by atoms with Crippen molar-refractivity contribution in [2.45, 2.75) is 13.0 Å². The zero-order valence-electron chi connectivity index (χ0n) is 13.9. The van der Waals surface area contributed by atoms with Crippen LogP contribution in [0.25, 0.3) is 0 Å². The van der Waals surface area contributed by atoms with Gasteiger partial charge in [0.2, 0.25) is 15.9 Å². The van der Waals surface area contributed by atoms with Gasteiger partial charge in [0.05, 0.1) is 18.4 Å². The van der Waals surface area contributed by atoms with E-state index in [1.807, 2.05) is 12.1 Å². The third kappa shape index (κ3) is 5.07. The third-order valence-electron chi connectivity index (χ3n) is 3.62. The Hall–Kier alpha value is -2.32. The number of nitrogens with two attached hydrogens (primary N) is 1. The number of carbonyl (C=O) groups excluding carboxylic acids is 1. The van der Waals surface area contributed by atoms with Crippen LogP contribution in [0.2, 0.25) is 5.15 Å². The van der Waals surface area contributed by atoms with E-state index in [1.54, 1.807) is 18.2 Å². The topological polar surface area (TPSA) is 105 Å². The summed E-state index contributed by atoms with van der Waals surface area (Å²) in [6, 6.07) is 8.73. The lowest BCUT2D eigenvalue weighted by molar-refractivity contribution is -0.117. The van der Waals surface area contributed by atoms with Crippen molar-refractivity contribution < 1.29 is 13.2 Å². The summed E-state index contributed by atoms with van der Waals surface area (Å²) in [5.41, 5.74) is 7.82. The lowest BCUT2D eigenvalue weighted by atomic mass is 10.1. The molecular formula is C16H19ClN4O3S. The molecule has 0 aliphatic carbocycles. The van der Waals surface area contributed by atoms with E-state index in [1.165, 1.54) is 17.5 Å². The highest BCUT2D eigenvalue weighted by atomic mass is 35.5. The number of rotatable bonds is 7. The van der Waals surface area contributed by atoms with Crippen LogP contribution < -0.4 is 15.4 Å². The number of anilines is 2. The Kier molecular flexibility index (Phi) is 5.86. The Balaban J connectivity index is 2.28. The van der Waals surface area contributed by atoms with E-state index >= 15 is 0 Å². The van der Waals surface area contributed by atoms with Crippen LogP contribution in [0.3, 0.4) is 0 Å². The first-order valence-electron chi connectivity index (χ1n) is 7.37. The molecule has 0 fully saturated rings. The van der Waals surface area contributed by atoms with Gasteiger partial charge in [-0.2, -0.15) is 0 Å². The Morgan fingerprint density at radius 3 is 2.64 bits per heavy atom. The number of nitrogens with one attached hydrogen (secondary N) is 1. The Labute approximate surface area is 151 Å². The number of amides is 1. The van der Waals surface area contributed by atoms with Gasteiger partial charge in [0.15, 0.2) is 0 Å². The SMILES string of the molecule is CN(c1ccccc1CNc1cc(Cl)ncc1CC(N)=O)S(C)(=O)=O. The van der Waals surface area contributed by atoms with E-state index in [-0.39, 0.29) is 11.6 Å². The van der Waals surface area contributed by atoms with Crippen LogP contribution in [0, 0.1) is 0 Å². The van der Waals surface area contributed by atoms with Gasteiger partial charge in [0, 0.05) is 31.0 Å². The summed E-state index contributed by atoms with van der Waals surface area (Å²) in [5, 5.41) is 3.44. The van der Waals surface area contributed by atoms with Crippen LogP contribution in [0.15, 0.2) is 36.5 Å². The molecule has 3 N–H and O–H groups in total. The van der Waals surface area contributed by atoms with Gasteiger partial charge >= 0.3 is 0 Å². The van der Waals surface area contributed by atoms with Crippen molar-refractivity contribution >= 4 is 38.9 Å². The third-order valence-corrected chi connectivity index (χ3v) is 5.01. The van der Waals surface area contributed by atoms with Crippen molar-refractivity contribution in [1.82, 2.24) is 4.98 Å². The fourth-order valence-corrected chi connectivity index (χ4v) is 2.98. The molecule has 0 aliphatic heterocycles. The summed E-state index contributed by atoms with van der Waals surface area (Å²) in [6.07, 6.45) is 2.66. The first-order chi connectivity index (χ1) is 11.7. The molecule has 9 heteroatoms. The van der Waals surface area contributed by atoms with E-state index in [4.69, 9.17) is 17.3 Å². The predicted molar refractivity (Wildman–Crippen MR) is 99.2 cm³/mol. The second-order valence-corrected chi connectivity index (χ2v) is 7.92. The zero-order valence-corrected chi connectivity index (χ0v) is 15.4.